The van der Waals surface area contributed by atoms with E-state index in [1.54, 1.807) is 6.20 Å². The number of hydrogen-bond donors (Lipinski definition) is 0. The normalized spacial score (nSPS) is 17.6. The maximum Gasteiger partial charge on any atom is 0.0887 e. The monoisotopic (exact) mass is 349 g/mol. The van der Waals surface area contributed by atoms with Crippen LogP contribution in [0.1, 0.15) is 17.0 Å². The van der Waals surface area contributed by atoms with Gasteiger partial charge >= 0.3 is 0 Å². The van der Waals surface area contributed by atoms with Crippen molar-refractivity contribution in [1.29, 1.82) is 0 Å². The quantitative estimate of drug-likeness (QED) is 0.684. The van der Waals surface area contributed by atoms with Crippen molar-refractivity contribution < 1.29 is 4.74 Å². The summed E-state index contributed by atoms with van der Waals surface area (Å²) in [5.74, 6) is 0.390. The average molecular weight is 349 g/mol. The van der Waals surface area contributed by atoms with E-state index in [1.165, 1.54) is 11.3 Å². The molecule has 1 unspecified atom stereocenters. The summed E-state index contributed by atoms with van der Waals surface area (Å²) in [6.45, 7) is 4.92. The molecule has 0 radical (unpaired) electrons. The third-order valence-electron chi connectivity index (χ3n) is 4.62. The van der Waals surface area contributed by atoms with Crippen LogP contribution in [0, 0.1) is 5.92 Å². The van der Waals surface area contributed by atoms with Crippen LogP contribution in [0.4, 0.5) is 0 Å². The van der Waals surface area contributed by atoms with Crippen molar-refractivity contribution in [2.24, 2.45) is 5.92 Å². The molecule has 1 aliphatic heterocycles. The van der Waals surface area contributed by atoms with Crippen LogP contribution in [0.15, 0.2) is 61.2 Å². The Morgan fingerprint density at radius 3 is 2.77 bits per heavy atom. The fourth-order valence-electron chi connectivity index (χ4n) is 3.41. The summed E-state index contributed by atoms with van der Waals surface area (Å²) in [4.78, 5) is 10.9. The zero-order valence-corrected chi connectivity index (χ0v) is 14.7. The Kier molecular flexibility index (Phi) is 5.33. The molecule has 0 saturated carbocycles. The fourth-order valence-corrected chi connectivity index (χ4v) is 3.41. The number of fused-ring (bicyclic) bond motifs is 1. The number of hydrogen-bond acceptors (Lipinski definition) is 5. The first-order valence-electron chi connectivity index (χ1n) is 8.96. The molecule has 4 heterocycles. The van der Waals surface area contributed by atoms with E-state index in [1.807, 2.05) is 36.8 Å². The summed E-state index contributed by atoms with van der Waals surface area (Å²) in [5, 5.41) is 4.49. The lowest BCUT2D eigenvalue weighted by atomic mass is 10.1. The van der Waals surface area contributed by atoms with Crippen LogP contribution in [0.3, 0.4) is 0 Å². The predicted octanol–water partition coefficient (Wildman–Crippen LogP) is 2.52. The van der Waals surface area contributed by atoms with Gasteiger partial charge in [0.2, 0.25) is 0 Å². The molecule has 0 amide bonds. The van der Waals surface area contributed by atoms with Gasteiger partial charge in [-0.25, -0.2) is 0 Å². The van der Waals surface area contributed by atoms with Gasteiger partial charge in [0.1, 0.15) is 0 Å². The molecule has 134 valence electrons. The van der Waals surface area contributed by atoms with Crippen LogP contribution in [-0.2, 0) is 31.0 Å². The van der Waals surface area contributed by atoms with Crippen LogP contribution in [0.5, 0.6) is 0 Å². The van der Waals surface area contributed by atoms with Crippen molar-refractivity contribution in [3.8, 4) is 0 Å². The standard InChI is InChI=1S/C20H23N5O/c1-2-7-22-19(3-1)16-26-15-18-12-24(11-17-4-8-21-9-5-17)14-20-6-10-23-25(20)13-18/h1-10,18H,11-16H2. The summed E-state index contributed by atoms with van der Waals surface area (Å²) >= 11 is 0. The second kappa shape index (κ2) is 8.21. The zero-order chi connectivity index (χ0) is 17.6. The molecular weight excluding hydrogens is 326 g/mol. The second-order valence-electron chi connectivity index (χ2n) is 6.73. The van der Waals surface area contributed by atoms with Crippen LogP contribution < -0.4 is 0 Å². The van der Waals surface area contributed by atoms with Crippen molar-refractivity contribution in [2.45, 2.75) is 26.2 Å². The van der Waals surface area contributed by atoms with Crippen molar-refractivity contribution in [2.75, 3.05) is 13.2 Å². The molecule has 0 N–H and O–H groups in total. The van der Waals surface area contributed by atoms with Gasteiger partial charge < -0.3 is 4.74 Å². The summed E-state index contributed by atoms with van der Waals surface area (Å²) in [6, 6.07) is 12.2. The lowest BCUT2D eigenvalue weighted by molar-refractivity contribution is 0.0640. The van der Waals surface area contributed by atoms with Gasteiger partial charge in [-0.3, -0.25) is 19.5 Å². The van der Waals surface area contributed by atoms with Gasteiger partial charge in [-0.1, -0.05) is 6.07 Å². The molecule has 4 rings (SSSR count). The number of aromatic nitrogens is 4. The van der Waals surface area contributed by atoms with Crippen molar-refractivity contribution in [3.05, 3.63) is 78.1 Å². The van der Waals surface area contributed by atoms with Crippen LogP contribution in [-0.4, -0.2) is 37.8 Å². The lowest BCUT2D eigenvalue weighted by Gasteiger charge is -2.23. The first kappa shape index (κ1) is 16.9. The van der Waals surface area contributed by atoms with E-state index in [2.05, 4.69) is 42.8 Å². The highest BCUT2D eigenvalue weighted by Crippen LogP contribution is 2.18. The molecule has 1 atom stereocenters. The van der Waals surface area contributed by atoms with E-state index >= 15 is 0 Å². The van der Waals surface area contributed by atoms with E-state index in [9.17, 15) is 0 Å². The van der Waals surface area contributed by atoms with E-state index in [-0.39, 0.29) is 0 Å². The SMILES string of the molecule is c1ccc(COCC2CN(Cc3ccncc3)Cc3ccnn3C2)nc1. The maximum atomic E-state index is 5.96. The molecule has 0 saturated heterocycles. The molecular formula is C20H23N5O. The van der Waals surface area contributed by atoms with Gasteiger partial charge in [0.25, 0.3) is 0 Å². The average Bonchev–Trinajstić information content (AvgIpc) is 3.03. The minimum atomic E-state index is 0.390. The van der Waals surface area contributed by atoms with E-state index < -0.39 is 0 Å². The molecule has 6 heteroatoms. The van der Waals surface area contributed by atoms with E-state index in [4.69, 9.17) is 4.74 Å². The molecule has 0 aliphatic carbocycles. The smallest absolute Gasteiger partial charge is 0.0887 e. The minimum Gasteiger partial charge on any atom is -0.375 e. The number of rotatable bonds is 6. The predicted molar refractivity (Wildman–Crippen MR) is 98.0 cm³/mol. The molecule has 3 aromatic heterocycles. The Balaban J connectivity index is 1.40. The summed E-state index contributed by atoms with van der Waals surface area (Å²) in [6.07, 6.45) is 7.39. The zero-order valence-electron chi connectivity index (χ0n) is 14.7. The Morgan fingerprint density at radius 1 is 1.00 bits per heavy atom. The second-order valence-corrected chi connectivity index (χ2v) is 6.73. The Morgan fingerprint density at radius 2 is 1.92 bits per heavy atom. The first-order chi connectivity index (χ1) is 12.9. The van der Waals surface area contributed by atoms with Gasteiger partial charge in [-0.05, 0) is 35.9 Å². The summed E-state index contributed by atoms with van der Waals surface area (Å²) in [7, 11) is 0. The molecule has 3 aromatic rings. The first-order valence-corrected chi connectivity index (χ1v) is 8.96. The summed E-state index contributed by atoms with van der Waals surface area (Å²) in [5.41, 5.74) is 3.50. The van der Waals surface area contributed by atoms with Gasteiger partial charge in [-0.15, -0.1) is 0 Å². The Bertz CT molecular complexity index is 805. The van der Waals surface area contributed by atoms with Crippen LogP contribution in [0.2, 0.25) is 0 Å². The molecule has 1 aliphatic rings. The number of nitrogens with zero attached hydrogens (tertiary/aromatic N) is 5. The Hall–Kier alpha value is -2.57. The van der Waals surface area contributed by atoms with Gasteiger partial charge in [-0.2, -0.15) is 5.10 Å². The maximum absolute atomic E-state index is 5.96. The highest BCUT2D eigenvalue weighted by molar-refractivity contribution is 5.10. The van der Waals surface area contributed by atoms with Crippen molar-refractivity contribution in [1.82, 2.24) is 24.6 Å². The van der Waals surface area contributed by atoms with Gasteiger partial charge in [0.05, 0.1) is 24.6 Å². The third kappa shape index (κ3) is 4.33. The van der Waals surface area contributed by atoms with Gasteiger partial charge in [0.15, 0.2) is 0 Å². The third-order valence-corrected chi connectivity index (χ3v) is 4.62. The lowest BCUT2D eigenvalue weighted by Crippen LogP contribution is -2.30. The fraction of sp³-hybridized carbons (Fsp3) is 0.350. The molecule has 0 aromatic carbocycles. The molecule has 0 fully saturated rings. The number of pyridine rings is 2. The highest BCUT2D eigenvalue weighted by atomic mass is 16.5. The molecule has 0 bridgehead atoms. The van der Waals surface area contributed by atoms with Crippen molar-refractivity contribution in [3.63, 3.8) is 0 Å². The van der Waals surface area contributed by atoms with Crippen molar-refractivity contribution >= 4 is 0 Å². The highest BCUT2D eigenvalue weighted by Gasteiger charge is 2.22. The largest absolute Gasteiger partial charge is 0.375 e. The molecule has 6 nitrogen and oxygen atoms in total. The van der Waals surface area contributed by atoms with Crippen LogP contribution in [0.25, 0.3) is 0 Å². The van der Waals surface area contributed by atoms with Gasteiger partial charge in [0, 0.05) is 56.9 Å². The Labute approximate surface area is 153 Å². The minimum absolute atomic E-state index is 0.390. The molecule has 0 spiro atoms. The van der Waals surface area contributed by atoms with E-state index in [0.29, 0.717) is 19.1 Å². The summed E-state index contributed by atoms with van der Waals surface area (Å²) < 4.78 is 8.08. The van der Waals surface area contributed by atoms with E-state index in [0.717, 1.165) is 31.9 Å². The van der Waals surface area contributed by atoms with Crippen LogP contribution >= 0.6 is 0 Å². The molecule has 26 heavy (non-hydrogen) atoms. The number of ether oxygens (including phenoxy) is 1. The topological polar surface area (TPSA) is 56.1 Å².